The Morgan fingerprint density at radius 1 is 1.08 bits per heavy atom. The van der Waals surface area contributed by atoms with Crippen molar-refractivity contribution >= 4 is 5.97 Å². The van der Waals surface area contributed by atoms with Crippen molar-refractivity contribution in [2.75, 3.05) is 28.4 Å². The van der Waals surface area contributed by atoms with E-state index >= 15 is 0 Å². The fourth-order valence-corrected chi connectivity index (χ4v) is 2.84. The van der Waals surface area contributed by atoms with Crippen LogP contribution in [0.15, 0.2) is 12.1 Å². The molecular formula is C18H29NO5. The van der Waals surface area contributed by atoms with Gasteiger partial charge in [0.25, 0.3) is 0 Å². The lowest BCUT2D eigenvalue weighted by molar-refractivity contribution is -0.142. The number of esters is 1. The molecule has 0 heterocycles. The van der Waals surface area contributed by atoms with Crippen LogP contribution in [0, 0.1) is 5.92 Å². The molecule has 0 amide bonds. The lowest BCUT2D eigenvalue weighted by Gasteiger charge is -2.20. The molecule has 0 spiro atoms. The van der Waals surface area contributed by atoms with Crippen LogP contribution in [-0.4, -0.2) is 40.5 Å². The van der Waals surface area contributed by atoms with Crippen molar-refractivity contribution in [2.24, 2.45) is 11.7 Å². The summed E-state index contributed by atoms with van der Waals surface area (Å²) in [5.41, 5.74) is 6.85. The highest BCUT2D eigenvalue weighted by atomic mass is 16.5. The van der Waals surface area contributed by atoms with Gasteiger partial charge < -0.3 is 24.7 Å². The first kappa shape index (κ1) is 20.1. The molecule has 0 aliphatic heterocycles. The fraction of sp³-hybridized carbons (Fsp3) is 0.611. The fourth-order valence-electron chi connectivity index (χ4n) is 2.84. The monoisotopic (exact) mass is 339 g/mol. The van der Waals surface area contributed by atoms with E-state index < -0.39 is 6.04 Å². The average molecular weight is 339 g/mol. The molecular weight excluding hydrogens is 310 g/mol. The molecule has 0 bridgehead atoms. The number of rotatable bonds is 10. The summed E-state index contributed by atoms with van der Waals surface area (Å²) in [6.07, 6.45) is 3.13. The first-order chi connectivity index (χ1) is 11.5. The zero-order chi connectivity index (χ0) is 18.1. The summed E-state index contributed by atoms with van der Waals surface area (Å²) in [6.45, 7) is 2.09. The summed E-state index contributed by atoms with van der Waals surface area (Å²) in [7, 11) is 6.22. The Balaban J connectivity index is 2.89. The van der Waals surface area contributed by atoms with E-state index in [1.807, 2.05) is 12.1 Å². The zero-order valence-corrected chi connectivity index (χ0v) is 15.3. The summed E-state index contributed by atoms with van der Waals surface area (Å²) in [4.78, 5) is 11.5. The van der Waals surface area contributed by atoms with Gasteiger partial charge >= 0.3 is 5.97 Å². The van der Waals surface area contributed by atoms with Gasteiger partial charge in [0.1, 0.15) is 11.8 Å². The quantitative estimate of drug-likeness (QED) is 0.660. The lowest BCUT2D eigenvalue weighted by Crippen LogP contribution is -2.33. The smallest absolute Gasteiger partial charge is 0.322 e. The topological polar surface area (TPSA) is 80.0 Å². The third-order valence-corrected chi connectivity index (χ3v) is 4.30. The molecule has 2 atom stereocenters. The van der Waals surface area contributed by atoms with Gasteiger partial charge in [-0.1, -0.05) is 13.3 Å². The maximum atomic E-state index is 11.5. The SMILES string of the molecule is CCC(CCc1c(OC)ccc(OC)c1OC)CC(N)C(=O)OC. The standard InChI is InChI=1S/C18H29NO5/c1-6-12(11-14(19)18(20)24-5)7-8-13-15(21-2)9-10-16(22-3)17(13)23-4/h9-10,12,14H,6-8,11,19H2,1-5H3. The second-order valence-electron chi connectivity index (χ2n) is 5.66. The van der Waals surface area contributed by atoms with Crippen LogP contribution in [0.4, 0.5) is 0 Å². The van der Waals surface area contributed by atoms with Crippen molar-refractivity contribution in [1.82, 2.24) is 0 Å². The van der Waals surface area contributed by atoms with Gasteiger partial charge in [-0.3, -0.25) is 4.79 Å². The van der Waals surface area contributed by atoms with Gasteiger partial charge in [0.05, 0.1) is 28.4 Å². The Hall–Kier alpha value is -1.95. The molecule has 0 aliphatic carbocycles. The number of carbonyl (C=O) groups excluding carboxylic acids is 1. The first-order valence-electron chi connectivity index (χ1n) is 8.13. The molecule has 0 aliphatic rings. The summed E-state index contributed by atoms with van der Waals surface area (Å²) in [5, 5.41) is 0. The number of methoxy groups -OCH3 is 4. The summed E-state index contributed by atoms with van der Waals surface area (Å²) in [5.74, 6) is 2.06. The predicted molar refractivity (Wildman–Crippen MR) is 92.8 cm³/mol. The minimum absolute atomic E-state index is 0.305. The number of benzene rings is 1. The molecule has 0 fully saturated rings. The third-order valence-electron chi connectivity index (χ3n) is 4.30. The summed E-state index contributed by atoms with van der Waals surface area (Å²) in [6, 6.07) is 3.11. The first-order valence-corrected chi connectivity index (χ1v) is 8.13. The van der Waals surface area contributed by atoms with Crippen LogP contribution >= 0.6 is 0 Å². The van der Waals surface area contributed by atoms with Gasteiger partial charge in [0.15, 0.2) is 11.5 Å². The number of carbonyl (C=O) groups is 1. The zero-order valence-electron chi connectivity index (χ0n) is 15.3. The van der Waals surface area contributed by atoms with Crippen LogP contribution in [0.3, 0.4) is 0 Å². The van der Waals surface area contributed by atoms with E-state index in [1.165, 1.54) is 7.11 Å². The molecule has 0 radical (unpaired) electrons. The van der Waals surface area contributed by atoms with Crippen LogP contribution in [0.25, 0.3) is 0 Å². The van der Waals surface area contributed by atoms with E-state index in [4.69, 9.17) is 24.7 Å². The Labute approximate surface area is 144 Å². The second kappa shape index (κ2) is 10.0. The van der Waals surface area contributed by atoms with Crippen molar-refractivity contribution in [1.29, 1.82) is 0 Å². The van der Waals surface area contributed by atoms with Gasteiger partial charge in [-0.2, -0.15) is 0 Å². The number of hydrogen-bond acceptors (Lipinski definition) is 6. The number of hydrogen-bond donors (Lipinski definition) is 1. The highest BCUT2D eigenvalue weighted by Gasteiger charge is 2.21. The molecule has 136 valence electrons. The van der Waals surface area contributed by atoms with Gasteiger partial charge in [-0.25, -0.2) is 0 Å². The predicted octanol–water partition coefficient (Wildman–Crippen LogP) is 2.56. The maximum absolute atomic E-state index is 11.5. The van der Waals surface area contributed by atoms with E-state index in [1.54, 1.807) is 21.3 Å². The Bertz CT molecular complexity index is 532. The van der Waals surface area contributed by atoms with E-state index in [9.17, 15) is 4.79 Å². The van der Waals surface area contributed by atoms with E-state index in [0.717, 1.165) is 30.6 Å². The van der Waals surface area contributed by atoms with Gasteiger partial charge in [-0.15, -0.1) is 0 Å². The van der Waals surface area contributed by atoms with E-state index in [2.05, 4.69) is 6.92 Å². The third kappa shape index (κ3) is 5.03. The minimum Gasteiger partial charge on any atom is -0.496 e. The largest absolute Gasteiger partial charge is 0.496 e. The van der Waals surface area contributed by atoms with E-state index in [-0.39, 0.29) is 5.97 Å². The average Bonchev–Trinajstić information content (AvgIpc) is 2.62. The Morgan fingerprint density at radius 2 is 1.71 bits per heavy atom. The highest BCUT2D eigenvalue weighted by Crippen LogP contribution is 2.38. The summed E-state index contributed by atoms with van der Waals surface area (Å²) < 4.78 is 21.0. The van der Waals surface area contributed by atoms with Crippen LogP contribution in [0.1, 0.15) is 31.7 Å². The van der Waals surface area contributed by atoms with E-state index in [0.29, 0.717) is 23.8 Å². The van der Waals surface area contributed by atoms with Crippen LogP contribution in [-0.2, 0) is 16.0 Å². The summed E-state index contributed by atoms with van der Waals surface area (Å²) >= 11 is 0. The number of ether oxygens (including phenoxy) is 4. The van der Waals surface area contributed by atoms with Gasteiger partial charge in [0, 0.05) is 5.56 Å². The highest BCUT2D eigenvalue weighted by molar-refractivity contribution is 5.75. The van der Waals surface area contributed by atoms with Gasteiger partial charge in [0.2, 0.25) is 0 Å². The Morgan fingerprint density at radius 3 is 2.21 bits per heavy atom. The molecule has 24 heavy (non-hydrogen) atoms. The molecule has 2 unspecified atom stereocenters. The molecule has 0 saturated carbocycles. The molecule has 1 aromatic rings. The molecule has 2 N–H and O–H groups in total. The molecule has 6 nitrogen and oxygen atoms in total. The van der Waals surface area contributed by atoms with Crippen molar-refractivity contribution in [3.05, 3.63) is 17.7 Å². The Kier molecular flexibility index (Phi) is 8.40. The molecule has 0 saturated heterocycles. The van der Waals surface area contributed by atoms with Gasteiger partial charge in [-0.05, 0) is 37.3 Å². The lowest BCUT2D eigenvalue weighted by atomic mass is 9.90. The van der Waals surface area contributed by atoms with Crippen molar-refractivity contribution < 1.29 is 23.7 Å². The molecule has 1 aromatic carbocycles. The van der Waals surface area contributed by atoms with Crippen LogP contribution < -0.4 is 19.9 Å². The minimum atomic E-state index is -0.589. The van der Waals surface area contributed by atoms with Crippen molar-refractivity contribution in [3.63, 3.8) is 0 Å². The molecule has 1 rings (SSSR count). The maximum Gasteiger partial charge on any atom is 0.322 e. The second-order valence-corrected chi connectivity index (χ2v) is 5.66. The molecule has 0 aromatic heterocycles. The van der Waals surface area contributed by atoms with Crippen LogP contribution in [0.2, 0.25) is 0 Å². The van der Waals surface area contributed by atoms with Crippen molar-refractivity contribution in [3.8, 4) is 17.2 Å². The normalized spacial score (nSPS) is 13.1. The number of nitrogens with two attached hydrogens (primary N) is 1. The van der Waals surface area contributed by atoms with Crippen LogP contribution in [0.5, 0.6) is 17.2 Å². The van der Waals surface area contributed by atoms with Crippen molar-refractivity contribution in [2.45, 2.75) is 38.6 Å². The molecule has 6 heteroatoms.